The highest BCUT2D eigenvalue weighted by Gasteiger charge is 2.12. The summed E-state index contributed by atoms with van der Waals surface area (Å²) in [5.74, 6) is 0. The van der Waals surface area contributed by atoms with Crippen molar-refractivity contribution in [3.63, 3.8) is 0 Å². The Morgan fingerprint density at radius 1 is 1.15 bits per heavy atom. The number of benzene rings is 2. The predicted molar refractivity (Wildman–Crippen MR) is 112 cm³/mol. The molecule has 0 bridgehead atoms. The summed E-state index contributed by atoms with van der Waals surface area (Å²) in [5.41, 5.74) is 9.08. The fourth-order valence-corrected chi connectivity index (χ4v) is 3.90. The second-order valence-electron chi connectivity index (χ2n) is 6.18. The Morgan fingerprint density at radius 3 is 2.78 bits per heavy atom. The van der Waals surface area contributed by atoms with Gasteiger partial charge in [-0.1, -0.05) is 46.7 Å². The molecule has 6 nitrogen and oxygen atoms in total. The molecule has 2 aromatic heterocycles. The van der Waals surface area contributed by atoms with Crippen molar-refractivity contribution in [1.82, 2.24) is 20.4 Å². The fourth-order valence-electron chi connectivity index (χ4n) is 2.76. The van der Waals surface area contributed by atoms with E-state index in [2.05, 4.69) is 25.7 Å². The van der Waals surface area contributed by atoms with Crippen LogP contribution in [0.15, 0.2) is 42.6 Å². The molecule has 4 N–H and O–H groups in total. The first-order chi connectivity index (χ1) is 13.1. The molecule has 0 saturated heterocycles. The molecule has 9 heteroatoms. The molecule has 2 heterocycles. The average Bonchev–Trinajstić information content (AvgIpc) is 3.31. The lowest BCUT2D eigenvalue weighted by molar-refractivity contribution is 0.698. The lowest BCUT2D eigenvalue weighted by Crippen LogP contribution is -2.31. The van der Waals surface area contributed by atoms with Gasteiger partial charge in [-0.2, -0.15) is 5.10 Å². The standard InChI is InChI=1S/C18H16Cl2N6S/c19-13-3-1-10(2-4-13)5-14(21)9-22-18-26-25-17(27-18)11-6-12-8-23-24-16(12)15(20)7-11/h1-4,6-8,14H,5,9,21H2,(H,22,26)(H,23,24). The molecular formula is C18H16Cl2N6S. The Balaban J connectivity index is 1.40. The SMILES string of the molecule is NC(CNc1nnc(-c2cc(Cl)c3[nH]ncc3c2)s1)Cc1ccc(Cl)cc1. The summed E-state index contributed by atoms with van der Waals surface area (Å²) in [7, 11) is 0. The van der Waals surface area contributed by atoms with Crippen molar-refractivity contribution in [2.24, 2.45) is 5.73 Å². The second-order valence-corrected chi connectivity index (χ2v) is 8.00. The molecule has 1 unspecified atom stereocenters. The average molecular weight is 419 g/mol. The molecule has 0 aliphatic heterocycles. The van der Waals surface area contributed by atoms with Crippen LogP contribution in [0, 0.1) is 0 Å². The van der Waals surface area contributed by atoms with Gasteiger partial charge in [0, 0.05) is 28.6 Å². The zero-order valence-corrected chi connectivity index (χ0v) is 16.4. The van der Waals surface area contributed by atoms with Crippen molar-refractivity contribution in [1.29, 1.82) is 0 Å². The second kappa shape index (κ2) is 7.82. The number of aromatic amines is 1. The van der Waals surface area contributed by atoms with E-state index in [9.17, 15) is 0 Å². The summed E-state index contributed by atoms with van der Waals surface area (Å²) >= 11 is 13.7. The molecule has 1 atom stereocenters. The lowest BCUT2D eigenvalue weighted by atomic mass is 10.1. The van der Waals surface area contributed by atoms with Crippen molar-refractivity contribution < 1.29 is 0 Å². The monoisotopic (exact) mass is 418 g/mol. The molecular weight excluding hydrogens is 403 g/mol. The minimum absolute atomic E-state index is 0.0461. The smallest absolute Gasteiger partial charge is 0.206 e. The van der Waals surface area contributed by atoms with E-state index >= 15 is 0 Å². The fraction of sp³-hybridized carbons (Fsp3) is 0.167. The molecule has 4 aromatic rings. The quantitative estimate of drug-likeness (QED) is 0.432. The van der Waals surface area contributed by atoms with Gasteiger partial charge in [0.1, 0.15) is 5.01 Å². The number of rotatable bonds is 6. The number of halogens is 2. The van der Waals surface area contributed by atoms with E-state index in [1.165, 1.54) is 11.3 Å². The van der Waals surface area contributed by atoms with Gasteiger partial charge in [-0.3, -0.25) is 5.10 Å². The number of hydrogen-bond donors (Lipinski definition) is 3. The first-order valence-corrected chi connectivity index (χ1v) is 9.86. The minimum Gasteiger partial charge on any atom is -0.359 e. The Bertz CT molecular complexity index is 1060. The molecule has 0 radical (unpaired) electrons. The summed E-state index contributed by atoms with van der Waals surface area (Å²) in [5, 5.41) is 22.4. The number of hydrogen-bond acceptors (Lipinski definition) is 6. The van der Waals surface area contributed by atoms with E-state index in [1.54, 1.807) is 6.20 Å². The van der Waals surface area contributed by atoms with Crippen LogP contribution in [0.25, 0.3) is 21.5 Å². The van der Waals surface area contributed by atoms with E-state index in [-0.39, 0.29) is 6.04 Å². The summed E-state index contributed by atoms with van der Waals surface area (Å²) in [4.78, 5) is 0. The van der Waals surface area contributed by atoms with E-state index in [0.29, 0.717) is 11.6 Å². The largest absolute Gasteiger partial charge is 0.359 e. The van der Waals surface area contributed by atoms with E-state index in [4.69, 9.17) is 28.9 Å². The number of fused-ring (bicyclic) bond motifs is 1. The Hall–Kier alpha value is -2.19. The van der Waals surface area contributed by atoms with Gasteiger partial charge < -0.3 is 11.1 Å². The van der Waals surface area contributed by atoms with Crippen LogP contribution in [0.2, 0.25) is 10.0 Å². The van der Waals surface area contributed by atoms with Gasteiger partial charge in [-0.15, -0.1) is 10.2 Å². The van der Waals surface area contributed by atoms with E-state index in [0.717, 1.165) is 43.6 Å². The highest BCUT2D eigenvalue weighted by Crippen LogP contribution is 2.32. The molecule has 2 aromatic carbocycles. The normalized spacial score (nSPS) is 12.4. The van der Waals surface area contributed by atoms with Crippen molar-refractivity contribution in [2.75, 3.05) is 11.9 Å². The van der Waals surface area contributed by atoms with E-state index in [1.807, 2.05) is 36.4 Å². The predicted octanol–water partition coefficient (Wildman–Crippen LogP) is 4.37. The molecule has 0 aliphatic rings. The number of nitrogens with zero attached hydrogens (tertiary/aromatic N) is 3. The zero-order chi connectivity index (χ0) is 18.8. The summed E-state index contributed by atoms with van der Waals surface area (Å²) < 4.78 is 0. The van der Waals surface area contributed by atoms with E-state index < -0.39 is 0 Å². The van der Waals surface area contributed by atoms with Gasteiger partial charge in [-0.25, -0.2) is 0 Å². The lowest BCUT2D eigenvalue weighted by Gasteiger charge is -2.12. The topological polar surface area (TPSA) is 92.5 Å². The highest BCUT2D eigenvalue weighted by molar-refractivity contribution is 7.18. The molecule has 0 aliphatic carbocycles. The molecule has 138 valence electrons. The van der Waals surface area contributed by atoms with Crippen molar-refractivity contribution in [2.45, 2.75) is 12.5 Å². The highest BCUT2D eigenvalue weighted by atomic mass is 35.5. The first-order valence-electron chi connectivity index (χ1n) is 8.29. The third-order valence-corrected chi connectivity index (χ3v) is 5.58. The Labute approximate surface area is 169 Å². The van der Waals surface area contributed by atoms with Gasteiger partial charge in [0.05, 0.1) is 16.7 Å². The Kier molecular flexibility index (Phi) is 5.27. The van der Waals surface area contributed by atoms with Crippen molar-refractivity contribution in [3.8, 4) is 10.6 Å². The molecule has 0 spiro atoms. The van der Waals surface area contributed by atoms with Crippen molar-refractivity contribution >= 4 is 50.6 Å². The molecule has 4 rings (SSSR count). The maximum Gasteiger partial charge on any atom is 0.206 e. The molecule has 0 saturated carbocycles. The summed E-state index contributed by atoms with van der Waals surface area (Å²) in [6, 6.07) is 11.5. The van der Waals surface area contributed by atoms with Crippen LogP contribution < -0.4 is 11.1 Å². The third kappa shape index (κ3) is 4.22. The van der Waals surface area contributed by atoms with Crippen LogP contribution in [0.3, 0.4) is 0 Å². The van der Waals surface area contributed by atoms with Crippen molar-refractivity contribution in [3.05, 3.63) is 58.2 Å². The maximum atomic E-state index is 6.29. The first kappa shape index (κ1) is 18.2. The van der Waals surface area contributed by atoms with Crippen LogP contribution in [0.4, 0.5) is 5.13 Å². The summed E-state index contributed by atoms with van der Waals surface area (Å²) in [6.45, 7) is 0.596. The number of H-pyrrole nitrogens is 1. The van der Waals surface area contributed by atoms with Gasteiger partial charge in [0.15, 0.2) is 0 Å². The van der Waals surface area contributed by atoms with Crippen LogP contribution in [0.1, 0.15) is 5.56 Å². The molecule has 27 heavy (non-hydrogen) atoms. The Morgan fingerprint density at radius 2 is 1.96 bits per heavy atom. The number of nitrogens with one attached hydrogen (secondary N) is 2. The maximum absolute atomic E-state index is 6.29. The number of anilines is 1. The van der Waals surface area contributed by atoms with Gasteiger partial charge >= 0.3 is 0 Å². The van der Waals surface area contributed by atoms with Crippen LogP contribution in [-0.4, -0.2) is 33.0 Å². The van der Waals surface area contributed by atoms with Crippen LogP contribution in [0.5, 0.6) is 0 Å². The number of nitrogens with two attached hydrogens (primary N) is 1. The van der Waals surface area contributed by atoms with Crippen LogP contribution in [-0.2, 0) is 6.42 Å². The summed E-state index contributed by atoms with van der Waals surface area (Å²) in [6.07, 6.45) is 2.49. The van der Waals surface area contributed by atoms with Crippen LogP contribution >= 0.6 is 34.5 Å². The van der Waals surface area contributed by atoms with Gasteiger partial charge in [0.2, 0.25) is 5.13 Å². The minimum atomic E-state index is -0.0461. The molecule has 0 amide bonds. The van der Waals surface area contributed by atoms with Gasteiger partial charge in [-0.05, 0) is 36.2 Å². The number of aromatic nitrogens is 4. The third-order valence-electron chi connectivity index (χ3n) is 4.10. The van der Waals surface area contributed by atoms with Gasteiger partial charge in [0.25, 0.3) is 0 Å². The molecule has 0 fully saturated rings. The zero-order valence-electron chi connectivity index (χ0n) is 14.1.